The number of aliphatic hydroxyl groups is 1. The van der Waals surface area contributed by atoms with Crippen molar-refractivity contribution in [2.24, 2.45) is 0 Å². The molecule has 8 heteroatoms. The number of Topliss-reactive ketones (excluding diaryl/α,β-unsaturated/α-hetero) is 1. The lowest BCUT2D eigenvalue weighted by atomic mass is 9.85. The molecule has 0 saturated carbocycles. The Bertz CT molecular complexity index is 2260. The van der Waals surface area contributed by atoms with Crippen LogP contribution in [0.5, 0.6) is 0 Å². The van der Waals surface area contributed by atoms with Crippen molar-refractivity contribution < 1.29 is 19.1 Å². The SMILES string of the molecule is O=C1C(=Cc2cc(-c3ccc(Cl)cc3)[o+]c(-c3ccccc3Cl)c2)C(O)=C1C=C1C=C(c2ccc(Cl)cc2)OC(c2ccccc2Cl)=C1. The van der Waals surface area contributed by atoms with Gasteiger partial charge in [-0.25, -0.2) is 4.42 Å². The molecule has 5 aromatic rings. The van der Waals surface area contributed by atoms with Crippen LogP contribution in [-0.2, 0) is 9.53 Å². The fourth-order valence-corrected chi connectivity index (χ4v) is 6.06. The highest BCUT2D eigenvalue weighted by Crippen LogP contribution is 2.39. The van der Waals surface area contributed by atoms with E-state index in [2.05, 4.69) is 0 Å². The molecule has 0 saturated heterocycles. The van der Waals surface area contributed by atoms with Gasteiger partial charge in [0.1, 0.15) is 17.3 Å². The first-order valence-electron chi connectivity index (χ1n) is 14.8. The summed E-state index contributed by atoms with van der Waals surface area (Å²) in [7, 11) is 0. The van der Waals surface area contributed by atoms with Crippen LogP contribution in [0.1, 0.15) is 16.7 Å². The lowest BCUT2D eigenvalue weighted by Crippen LogP contribution is -2.21. The van der Waals surface area contributed by atoms with E-state index >= 15 is 0 Å². The van der Waals surface area contributed by atoms with E-state index in [-0.39, 0.29) is 22.7 Å². The molecule has 0 atom stereocenters. The molecule has 4 nitrogen and oxygen atoms in total. The average Bonchev–Trinajstić information content (AvgIpc) is 3.10. The van der Waals surface area contributed by atoms with Crippen LogP contribution in [0.4, 0.5) is 0 Å². The predicted molar refractivity (Wildman–Crippen MR) is 195 cm³/mol. The van der Waals surface area contributed by atoms with E-state index < -0.39 is 0 Å². The van der Waals surface area contributed by atoms with Crippen molar-refractivity contribution in [3.8, 4) is 22.6 Å². The largest absolute Gasteiger partial charge is 0.506 e. The average molecular weight is 709 g/mol. The molecule has 234 valence electrons. The van der Waals surface area contributed by atoms with Crippen molar-refractivity contribution in [3.63, 3.8) is 0 Å². The number of rotatable bonds is 6. The summed E-state index contributed by atoms with van der Waals surface area (Å²) in [5.41, 5.74) is 4.55. The molecule has 7 rings (SSSR count). The van der Waals surface area contributed by atoms with E-state index in [1.807, 2.05) is 60.7 Å². The summed E-state index contributed by atoms with van der Waals surface area (Å²) >= 11 is 25.3. The van der Waals surface area contributed by atoms with Crippen LogP contribution in [0.25, 0.3) is 40.2 Å². The Morgan fingerprint density at radius 2 is 1.19 bits per heavy atom. The topological polar surface area (TPSA) is 57.8 Å². The molecule has 2 heterocycles. The van der Waals surface area contributed by atoms with Gasteiger partial charge in [-0.2, -0.15) is 0 Å². The van der Waals surface area contributed by atoms with Gasteiger partial charge in [-0.3, -0.25) is 4.79 Å². The zero-order chi connectivity index (χ0) is 33.4. The third kappa shape index (κ3) is 6.49. The van der Waals surface area contributed by atoms with Gasteiger partial charge in [0.25, 0.3) is 0 Å². The second-order valence-corrected chi connectivity index (χ2v) is 12.7. The van der Waals surface area contributed by atoms with Gasteiger partial charge in [0.05, 0.1) is 44.5 Å². The van der Waals surface area contributed by atoms with Crippen LogP contribution in [0.15, 0.2) is 154 Å². The normalized spacial score (nSPS) is 16.0. The molecule has 2 aliphatic rings. The first-order valence-corrected chi connectivity index (χ1v) is 16.3. The van der Waals surface area contributed by atoms with Gasteiger partial charge < -0.3 is 9.84 Å². The van der Waals surface area contributed by atoms with Crippen LogP contribution in [-0.4, -0.2) is 10.9 Å². The van der Waals surface area contributed by atoms with Crippen molar-refractivity contribution in [1.29, 1.82) is 0 Å². The lowest BCUT2D eigenvalue weighted by Gasteiger charge is -2.22. The summed E-state index contributed by atoms with van der Waals surface area (Å²) in [6, 6.07) is 32.7. The van der Waals surface area contributed by atoms with Crippen LogP contribution in [0.2, 0.25) is 20.1 Å². The van der Waals surface area contributed by atoms with Crippen LogP contribution in [0.3, 0.4) is 0 Å². The molecule has 4 aromatic carbocycles. The molecule has 0 fully saturated rings. The van der Waals surface area contributed by atoms with E-state index in [4.69, 9.17) is 55.6 Å². The standard InChI is InChI=1S/C40H22Cl4O4/c41-27-13-9-25(10-14-27)35-19-23(21-37(47-35)29-5-1-3-7-33(29)43)17-31-39(45)32(40(31)46)18-24-20-36(26-11-15-28(42)16-12-26)48-38(22-24)30-6-2-4-8-34(30)44/h1-22H/p+1. The Morgan fingerprint density at radius 3 is 1.81 bits per heavy atom. The van der Waals surface area contributed by atoms with E-state index in [0.717, 1.165) is 11.1 Å². The minimum atomic E-state index is -0.311. The van der Waals surface area contributed by atoms with Gasteiger partial charge in [0.15, 0.2) is 0 Å². The molecule has 0 bridgehead atoms. The van der Waals surface area contributed by atoms with Crippen molar-refractivity contribution >= 4 is 69.8 Å². The predicted octanol–water partition coefficient (Wildman–Crippen LogP) is 12.3. The number of carbonyl (C=O) groups is 1. The highest BCUT2D eigenvalue weighted by molar-refractivity contribution is 6.33. The van der Waals surface area contributed by atoms with Crippen molar-refractivity contribution in [1.82, 2.24) is 0 Å². The zero-order valence-corrected chi connectivity index (χ0v) is 27.9. The second-order valence-electron chi connectivity index (χ2n) is 11.0. The molecule has 1 aliphatic heterocycles. The monoisotopic (exact) mass is 707 g/mol. The number of allylic oxidation sites excluding steroid dienone is 6. The quantitative estimate of drug-likeness (QED) is 0.141. The van der Waals surface area contributed by atoms with Crippen molar-refractivity contribution in [2.75, 3.05) is 0 Å². The number of hydrogen-bond donors (Lipinski definition) is 1. The summed E-state index contributed by atoms with van der Waals surface area (Å²) in [4.78, 5) is 13.5. The van der Waals surface area contributed by atoms with Gasteiger partial charge in [0, 0.05) is 21.2 Å². The number of ether oxygens (including phenoxy) is 1. The fraction of sp³-hybridized carbons (Fsp3) is 0. The zero-order valence-electron chi connectivity index (χ0n) is 24.9. The van der Waals surface area contributed by atoms with Gasteiger partial charge >= 0.3 is 11.5 Å². The lowest BCUT2D eigenvalue weighted by molar-refractivity contribution is -0.113. The summed E-state index contributed by atoms with van der Waals surface area (Å²) in [5, 5.41) is 13.4. The number of benzene rings is 4. The Labute approximate surface area is 296 Å². The summed E-state index contributed by atoms with van der Waals surface area (Å²) in [6.07, 6.45) is 6.85. The summed E-state index contributed by atoms with van der Waals surface area (Å²) in [6.45, 7) is 0. The van der Waals surface area contributed by atoms with Crippen molar-refractivity contribution in [2.45, 2.75) is 0 Å². The number of aliphatic hydroxyl groups excluding tert-OH is 1. The Hall–Kier alpha value is -4.84. The Balaban J connectivity index is 1.29. The first-order chi connectivity index (χ1) is 23.2. The third-order valence-electron chi connectivity index (χ3n) is 7.79. The molecule has 0 radical (unpaired) electrons. The molecule has 1 aromatic heterocycles. The smallest absolute Gasteiger partial charge is 0.362 e. The van der Waals surface area contributed by atoms with Gasteiger partial charge in [0.2, 0.25) is 5.78 Å². The van der Waals surface area contributed by atoms with E-state index in [1.165, 1.54) is 0 Å². The number of ketones is 1. The van der Waals surface area contributed by atoms with E-state index in [0.29, 0.717) is 65.4 Å². The highest BCUT2D eigenvalue weighted by atomic mass is 35.5. The summed E-state index contributed by atoms with van der Waals surface area (Å²) < 4.78 is 12.5. The molecule has 0 unspecified atom stereocenters. The Morgan fingerprint density at radius 1 is 0.625 bits per heavy atom. The van der Waals surface area contributed by atoms with Crippen LogP contribution < -0.4 is 0 Å². The number of hydrogen-bond acceptors (Lipinski definition) is 3. The van der Waals surface area contributed by atoms with Crippen LogP contribution >= 0.6 is 46.4 Å². The molecule has 0 amide bonds. The third-order valence-corrected chi connectivity index (χ3v) is 8.95. The Kier molecular flexibility index (Phi) is 8.83. The molecular formula is C40H23Cl4O4+. The fourth-order valence-electron chi connectivity index (χ4n) is 5.35. The van der Waals surface area contributed by atoms with E-state index in [1.54, 1.807) is 72.8 Å². The minimum Gasteiger partial charge on any atom is -0.506 e. The molecular weight excluding hydrogens is 686 g/mol. The van der Waals surface area contributed by atoms with E-state index in [9.17, 15) is 9.90 Å². The maximum atomic E-state index is 13.5. The van der Waals surface area contributed by atoms with Crippen LogP contribution in [0, 0.1) is 0 Å². The first kappa shape index (κ1) is 31.7. The molecule has 1 aliphatic carbocycles. The van der Waals surface area contributed by atoms with Gasteiger partial charge in [-0.05, 0) is 108 Å². The molecule has 0 spiro atoms. The maximum Gasteiger partial charge on any atom is 0.362 e. The minimum absolute atomic E-state index is 0.124. The number of carbonyl (C=O) groups excluding carboxylic acids is 1. The number of halogens is 4. The molecule has 1 N–H and O–H groups in total. The second kappa shape index (κ2) is 13.3. The summed E-state index contributed by atoms with van der Waals surface area (Å²) in [5.74, 6) is 1.63. The highest BCUT2D eigenvalue weighted by Gasteiger charge is 2.33. The maximum absolute atomic E-state index is 13.5. The van der Waals surface area contributed by atoms with Gasteiger partial charge in [-0.1, -0.05) is 70.7 Å². The molecule has 48 heavy (non-hydrogen) atoms. The van der Waals surface area contributed by atoms with Crippen molar-refractivity contribution in [3.05, 3.63) is 187 Å². The van der Waals surface area contributed by atoms with Gasteiger partial charge in [-0.15, -0.1) is 0 Å².